The number of para-hydroxylation sites is 1. The molecule has 0 fully saturated rings. The van der Waals surface area contributed by atoms with Gasteiger partial charge < -0.3 is 19.8 Å². The van der Waals surface area contributed by atoms with Crippen molar-refractivity contribution >= 4 is 6.03 Å². The molecular formula is C16H15N5O3. The SMILES string of the molecule is O=C(NCc1nc(-c2ccco2)n[nH]1)NC1COc2ccccc21. The molecule has 0 spiro atoms. The second-order valence-electron chi connectivity index (χ2n) is 5.31. The Morgan fingerprint density at radius 1 is 1.29 bits per heavy atom. The van der Waals surface area contributed by atoms with Crippen LogP contribution in [0.2, 0.25) is 0 Å². The van der Waals surface area contributed by atoms with Crippen LogP contribution in [0.5, 0.6) is 5.75 Å². The number of nitrogens with one attached hydrogen (secondary N) is 3. The fraction of sp³-hybridized carbons (Fsp3) is 0.188. The zero-order valence-electron chi connectivity index (χ0n) is 12.7. The van der Waals surface area contributed by atoms with Crippen molar-refractivity contribution in [1.29, 1.82) is 0 Å². The lowest BCUT2D eigenvalue weighted by atomic mass is 10.1. The molecule has 122 valence electrons. The van der Waals surface area contributed by atoms with Gasteiger partial charge in [-0.3, -0.25) is 5.10 Å². The number of nitrogens with zero attached hydrogens (tertiary/aromatic N) is 2. The third kappa shape index (κ3) is 2.81. The van der Waals surface area contributed by atoms with Crippen molar-refractivity contribution in [3.8, 4) is 17.3 Å². The van der Waals surface area contributed by atoms with E-state index in [-0.39, 0.29) is 18.6 Å². The second kappa shape index (κ2) is 6.07. The topological polar surface area (TPSA) is 105 Å². The summed E-state index contributed by atoms with van der Waals surface area (Å²) >= 11 is 0. The molecule has 2 amide bonds. The smallest absolute Gasteiger partial charge is 0.315 e. The first-order chi connectivity index (χ1) is 11.8. The average Bonchev–Trinajstić information content (AvgIpc) is 3.34. The van der Waals surface area contributed by atoms with Crippen LogP contribution >= 0.6 is 0 Å². The highest BCUT2D eigenvalue weighted by atomic mass is 16.5. The fourth-order valence-corrected chi connectivity index (χ4v) is 2.55. The predicted molar refractivity (Wildman–Crippen MR) is 84.1 cm³/mol. The molecule has 3 heterocycles. The lowest BCUT2D eigenvalue weighted by molar-refractivity contribution is 0.231. The van der Waals surface area contributed by atoms with Gasteiger partial charge in [0, 0.05) is 5.56 Å². The molecule has 0 saturated carbocycles. The molecule has 0 saturated heterocycles. The van der Waals surface area contributed by atoms with Gasteiger partial charge in [-0.15, -0.1) is 5.10 Å². The van der Waals surface area contributed by atoms with Crippen LogP contribution in [0.1, 0.15) is 17.4 Å². The monoisotopic (exact) mass is 325 g/mol. The van der Waals surface area contributed by atoms with E-state index in [4.69, 9.17) is 9.15 Å². The van der Waals surface area contributed by atoms with Gasteiger partial charge in [0.25, 0.3) is 0 Å². The number of carbonyl (C=O) groups is 1. The molecule has 0 bridgehead atoms. The molecule has 1 unspecified atom stereocenters. The van der Waals surface area contributed by atoms with Crippen molar-refractivity contribution in [1.82, 2.24) is 25.8 Å². The Hall–Kier alpha value is -3.29. The van der Waals surface area contributed by atoms with Crippen molar-refractivity contribution in [3.63, 3.8) is 0 Å². The van der Waals surface area contributed by atoms with Crippen LogP contribution in [0.3, 0.4) is 0 Å². The zero-order chi connectivity index (χ0) is 16.4. The summed E-state index contributed by atoms with van der Waals surface area (Å²) in [6.07, 6.45) is 1.55. The van der Waals surface area contributed by atoms with E-state index < -0.39 is 0 Å². The van der Waals surface area contributed by atoms with Crippen LogP contribution in [0, 0.1) is 0 Å². The number of rotatable bonds is 4. The lowest BCUT2D eigenvalue weighted by Crippen LogP contribution is -2.38. The van der Waals surface area contributed by atoms with Gasteiger partial charge >= 0.3 is 6.03 Å². The molecule has 3 aromatic rings. The van der Waals surface area contributed by atoms with Gasteiger partial charge in [0.05, 0.1) is 18.8 Å². The number of aromatic nitrogens is 3. The molecule has 2 aromatic heterocycles. The van der Waals surface area contributed by atoms with Crippen LogP contribution in [0.4, 0.5) is 4.79 Å². The maximum atomic E-state index is 12.1. The number of furan rings is 1. The minimum Gasteiger partial charge on any atom is -0.491 e. The van der Waals surface area contributed by atoms with Crippen molar-refractivity contribution in [2.24, 2.45) is 0 Å². The van der Waals surface area contributed by atoms with Gasteiger partial charge in [0.1, 0.15) is 18.2 Å². The first-order valence-electron chi connectivity index (χ1n) is 7.51. The highest BCUT2D eigenvalue weighted by Crippen LogP contribution is 2.31. The molecule has 0 aliphatic carbocycles. The van der Waals surface area contributed by atoms with Crippen molar-refractivity contribution in [3.05, 3.63) is 54.0 Å². The Morgan fingerprint density at radius 3 is 3.08 bits per heavy atom. The van der Waals surface area contributed by atoms with E-state index in [1.807, 2.05) is 24.3 Å². The molecule has 8 nitrogen and oxygen atoms in total. The largest absolute Gasteiger partial charge is 0.491 e. The number of ether oxygens (including phenoxy) is 1. The third-order valence-corrected chi connectivity index (χ3v) is 3.69. The van der Waals surface area contributed by atoms with E-state index in [9.17, 15) is 4.79 Å². The van der Waals surface area contributed by atoms with Gasteiger partial charge in [-0.25, -0.2) is 9.78 Å². The summed E-state index contributed by atoms with van der Waals surface area (Å²) in [4.78, 5) is 16.3. The number of hydrogen-bond donors (Lipinski definition) is 3. The minimum atomic E-state index is -0.295. The molecule has 3 N–H and O–H groups in total. The van der Waals surface area contributed by atoms with Crippen LogP contribution in [0.15, 0.2) is 47.1 Å². The standard InChI is InChI=1S/C16H15N5O3/c22-16(18-11-9-24-12-5-2-1-4-10(11)12)17-8-14-19-15(21-20-14)13-6-3-7-23-13/h1-7,11H,8-9H2,(H2,17,18,22)(H,19,20,21). The molecule has 0 radical (unpaired) electrons. The van der Waals surface area contributed by atoms with Gasteiger partial charge in [0.15, 0.2) is 5.76 Å². The predicted octanol–water partition coefficient (Wildman–Crippen LogP) is 2.00. The summed E-state index contributed by atoms with van der Waals surface area (Å²) in [5, 5.41) is 12.4. The summed E-state index contributed by atoms with van der Waals surface area (Å²) in [6.45, 7) is 0.659. The van der Waals surface area contributed by atoms with Crippen molar-refractivity contribution in [2.75, 3.05) is 6.61 Å². The summed E-state index contributed by atoms with van der Waals surface area (Å²) in [5.74, 6) is 2.37. The Morgan fingerprint density at radius 2 is 2.21 bits per heavy atom. The van der Waals surface area contributed by atoms with Crippen molar-refractivity contribution < 1.29 is 13.9 Å². The molecule has 8 heteroatoms. The van der Waals surface area contributed by atoms with Gasteiger partial charge in [-0.05, 0) is 18.2 Å². The first-order valence-corrected chi connectivity index (χ1v) is 7.51. The van der Waals surface area contributed by atoms with Gasteiger partial charge in [0.2, 0.25) is 5.82 Å². The van der Waals surface area contributed by atoms with E-state index in [1.54, 1.807) is 18.4 Å². The Bertz CT molecular complexity index is 843. The number of amides is 2. The number of urea groups is 1. The Labute approximate surface area is 137 Å². The number of H-pyrrole nitrogens is 1. The summed E-state index contributed by atoms with van der Waals surface area (Å²) in [5.41, 5.74) is 0.979. The number of benzene rings is 1. The van der Waals surface area contributed by atoms with Crippen LogP contribution < -0.4 is 15.4 Å². The highest BCUT2D eigenvalue weighted by molar-refractivity contribution is 5.74. The highest BCUT2D eigenvalue weighted by Gasteiger charge is 2.24. The number of carbonyl (C=O) groups excluding carboxylic acids is 1. The third-order valence-electron chi connectivity index (χ3n) is 3.69. The number of fused-ring (bicyclic) bond motifs is 1. The molecule has 1 aliphatic heterocycles. The van der Waals surface area contributed by atoms with E-state index >= 15 is 0 Å². The number of hydrogen-bond acceptors (Lipinski definition) is 5. The second-order valence-corrected chi connectivity index (χ2v) is 5.31. The molecule has 4 rings (SSSR count). The fourth-order valence-electron chi connectivity index (χ4n) is 2.55. The lowest BCUT2D eigenvalue weighted by Gasteiger charge is -2.12. The van der Waals surface area contributed by atoms with E-state index in [1.165, 1.54) is 0 Å². The van der Waals surface area contributed by atoms with E-state index in [0.29, 0.717) is 24.0 Å². The molecule has 24 heavy (non-hydrogen) atoms. The number of aromatic amines is 1. The maximum absolute atomic E-state index is 12.1. The maximum Gasteiger partial charge on any atom is 0.315 e. The normalized spacial score (nSPS) is 15.6. The minimum absolute atomic E-state index is 0.158. The van der Waals surface area contributed by atoms with Crippen molar-refractivity contribution in [2.45, 2.75) is 12.6 Å². The zero-order valence-corrected chi connectivity index (χ0v) is 12.7. The van der Waals surface area contributed by atoms with Gasteiger partial charge in [-0.1, -0.05) is 18.2 Å². The van der Waals surface area contributed by atoms with E-state index in [2.05, 4.69) is 25.8 Å². The Kier molecular flexibility index (Phi) is 3.62. The molecule has 1 aromatic carbocycles. The summed E-state index contributed by atoms with van der Waals surface area (Å²) in [6, 6.07) is 10.7. The van der Waals surface area contributed by atoms with Crippen LogP contribution in [-0.2, 0) is 6.54 Å². The molecule has 1 atom stereocenters. The molecular weight excluding hydrogens is 310 g/mol. The first kappa shape index (κ1) is 14.3. The summed E-state index contributed by atoms with van der Waals surface area (Å²) in [7, 11) is 0. The van der Waals surface area contributed by atoms with Crippen LogP contribution in [-0.4, -0.2) is 27.8 Å². The summed E-state index contributed by atoms with van der Waals surface area (Å²) < 4.78 is 10.8. The van der Waals surface area contributed by atoms with Gasteiger partial charge in [-0.2, -0.15) is 0 Å². The quantitative estimate of drug-likeness (QED) is 0.680. The Balaban J connectivity index is 1.33. The molecule has 1 aliphatic rings. The van der Waals surface area contributed by atoms with Crippen LogP contribution in [0.25, 0.3) is 11.6 Å². The van der Waals surface area contributed by atoms with E-state index in [0.717, 1.165) is 11.3 Å². The average molecular weight is 325 g/mol.